The number of hydrogen-bond acceptors (Lipinski definition) is 5. The van der Waals surface area contributed by atoms with Crippen LogP contribution in [-0.2, 0) is 9.53 Å². The van der Waals surface area contributed by atoms with E-state index in [-0.39, 0.29) is 11.9 Å². The van der Waals surface area contributed by atoms with Crippen molar-refractivity contribution in [1.29, 1.82) is 0 Å². The molecule has 0 atom stereocenters. The number of nitrogens with zero attached hydrogens (tertiary/aromatic N) is 3. The topological polar surface area (TPSA) is 62.2 Å². The van der Waals surface area contributed by atoms with Crippen molar-refractivity contribution in [2.24, 2.45) is 4.99 Å². The fraction of sp³-hybridized carbons (Fsp3) is 0.346. The molecular weight excluding hydrogens is 402 g/mol. The summed E-state index contributed by atoms with van der Waals surface area (Å²) in [4.78, 5) is 33.9. The largest absolute Gasteiger partial charge is 0.463 e. The van der Waals surface area contributed by atoms with Gasteiger partial charge in [0.2, 0.25) is 0 Å². The molecule has 1 fully saturated rings. The summed E-state index contributed by atoms with van der Waals surface area (Å²) in [6, 6.07) is 14.1. The maximum absolute atomic E-state index is 12.6. The Kier molecular flexibility index (Phi) is 5.52. The molecule has 0 spiro atoms. The first-order valence-electron chi connectivity index (χ1n) is 11.4. The number of amides is 1. The highest BCUT2D eigenvalue weighted by Crippen LogP contribution is 2.34. The van der Waals surface area contributed by atoms with E-state index < -0.39 is 0 Å². The highest BCUT2D eigenvalue weighted by atomic mass is 16.5. The van der Waals surface area contributed by atoms with Gasteiger partial charge in [0.1, 0.15) is 5.84 Å². The Morgan fingerprint density at radius 2 is 1.75 bits per heavy atom. The van der Waals surface area contributed by atoms with E-state index in [1.807, 2.05) is 42.2 Å². The van der Waals surface area contributed by atoms with E-state index in [1.54, 1.807) is 0 Å². The third kappa shape index (κ3) is 3.81. The molecule has 1 saturated heterocycles. The second-order valence-electron chi connectivity index (χ2n) is 8.37. The van der Waals surface area contributed by atoms with Crippen LogP contribution >= 0.6 is 0 Å². The fourth-order valence-corrected chi connectivity index (χ4v) is 4.67. The molecule has 3 aliphatic heterocycles. The van der Waals surface area contributed by atoms with Gasteiger partial charge in [-0.15, -0.1) is 0 Å². The zero-order chi connectivity index (χ0) is 22.1. The average molecular weight is 430 g/mol. The van der Waals surface area contributed by atoms with E-state index in [1.165, 1.54) is 0 Å². The van der Waals surface area contributed by atoms with Crippen LogP contribution in [0.5, 0.6) is 0 Å². The zero-order valence-corrected chi connectivity index (χ0v) is 18.3. The first kappa shape index (κ1) is 20.5. The molecule has 2 aromatic carbocycles. The molecule has 3 aliphatic rings. The number of anilines is 1. The van der Waals surface area contributed by atoms with Gasteiger partial charge in [-0.1, -0.05) is 18.2 Å². The van der Waals surface area contributed by atoms with E-state index >= 15 is 0 Å². The van der Waals surface area contributed by atoms with Gasteiger partial charge in [0, 0.05) is 42.9 Å². The van der Waals surface area contributed by atoms with Crippen LogP contribution in [0.4, 0.5) is 5.69 Å². The minimum atomic E-state index is -0.287. The molecule has 0 saturated carbocycles. The number of amidine groups is 1. The molecule has 0 aromatic heterocycles. The molecule has 0 radical (unpaired) electrons. The Balaban J connectivity index is 1.47. The number of likely N-dealkylation sites (tertiary alicyclic amines) is 1. The highest BCUT2D eigenvalue weighted by molar-refractivity contribution is 6.10. The van der Waals surface area contributed by atoms with Crippen molar-refractivity contribution in [3.8, 4) is 11.1 Å². The lowest BCUT2D eigenvalue weighted by Crippen LogP contribution is -2.27. The van der Waals surface area contributed by atoms with Crippen molar-refractivity contribution in [1.82, 2.24) is 4.90 Å². The van der Waals surface area contributed by atoms with Crippen molar-refractivity contribution in [2.75, 3.05) is 37.7 Å². The van der Waals surface area contributed by atoms with Crippen molar-refractivity contribution in [3.05, 3.63) is 59.2 Å². The van der Waals surface area contributed by atoms with Crippen LogP contribution in [0.1, 0.15) is 42.1 Å². The minimum absolute atomic E-state index is 0.110. The van der Waals surface area contributed by atoms with Crippen LogP contribution < -0.4 is 4.90 Å². The summed E-state index contributed by atoms with van der Waals surface area (Å²) in [6.07, 6.45) is 4.59. The number of fused-ring (bicyclic) bond motifs is 3. The van der Waals surface area contributed by atoms with Crippen LogP contribution in [0.3, 0.4) is 0 Å². The molecular formula is C26H27N3O3. The van der Waals surface area contributed by atoms with Gasteiger partial charge in [-0.3, -0.25) is 9.79 Å². The number of carbonyl (C=O) groups excluding carboxylic acids is 2. The third-order valence-electron chi connectivity index (χ3n) is 6.32. The third-order valence-corrected chi connectivity index (χ3v) is 6.32. The second-order valence-corrected chi connectivity index (χ2v) is 8.37. The molecule has 32 heavy (non-hydrogen) atoms. The maximum Gasteiger partial charge on any atom is 0.334 e. The summed E-state index contributed by atoms with van der Waals surface area (Å²) >= 11 is 0. The van der Waals surface area contributed by atoms with Crippen LogP contribution in [0.2, 0.25) is 0 Å². The van der Waals surface area contributed by atoms with E-state index in [9.17, 15) is 9.59 Å². The summed E-state index contributed by atoms with van der Waals surface area (Å²) in [6.45, 7) is 5.42. The van der Waals surface area contributed by atoms with Gasteiger partial charge in [-0.25, -0.2) is 4.79 Å². The molecule has 0 bridgehead atoms. The predicted molar refractivity (Wildman–Crippen MR) is 126 cm³/mol. The molecule has 2 aromatic rings. The van der Waals surface area contributed by atoms with Gasteiger partial charge >= 0.3 is 5.97 Å². The molecule has 0 unspecified atom stereocenters. The Labute approximate surface area is 188 Å². The first-order valence-corrected chi connectivity index (χ1v) is 11.4. The monoisotopic (exact) mass is 429 g/mol. The summed E-state index contributed by atoms with van der Waals surface area (Å²) in [7, 11) is 0. The number of esters is 1. The number of hydrogen-bond donors (Lipinski definition) is 0. The normalized spacial score (nSPS) is 17.3. The average Bonchev–Trinajstić information content (AvgIpc) is 3.49. The molecule has 164 valence electrons. The molecule has 0 N–H and O–H groups in total. The first-order chi connectivity index (χ1) is 15.6. The number of aliphatic imine (C=N–C) groups is 1. The molecule has 3 heterocycles. The van der Waals surface area contributed by atoms with Crippen molar-refractivity contribution in [3.63, 3.8) is 0 Å². The standard InChI is InChI=1S/C26H27N3O3/c1-2-32-26(31)22-16-21-15-20(9-10-23(21)29-14-11-27-24(29)17-22)18-5-7-19(8-6-18)25(30)28-12-3-4-13-28/h5-10,15-16H,2-4,11-14,17H2,1H3. The quantitative estimate of drug-likeness (QED) is 0.685. The summed E-state index contributed by atoms with van der Waals surface area (Å²) in [5, 5.41) is 0. The Morgan fingerprint density at radius 3 is 2.50 bits per heavy atom. The van der Waals surface area contributed by atoms with E-state index in [0.29, 0.717) is 18.6 Å². The lowest BCUT2D eigenvalue weighted by Gasteiger charge is -2.21. The van der Waals surface area contributed by atoms with Crippen LogP contribution in [0, 0.1) is 0 Å². The highest BCUT2D eigenvalue weighted by Gasteiger charge is 2.28. The van der Waals surface area contributed by atoms with E-state index in [4.69, 9.17) is 4.74 Å². The summed E-state index contributed by atoms with van der Waals surface area (Å²) < 4.78 is 5.28. The van der Waals surface area contributed by atoms with Crippen molar-refractivity contribution < 1.29 is 14.3 Å². The SMILES string of the molecule is CCOC(=O)C1=Cc2cc(-c3ccc(C(=O)N4CCCC4)cc3)ccc2N2CCN=C2C1. The van der Waals surface area contributed by atoms with Gasteiger partial charge in [-0.05, 0) is 66.8 Å². The number of rotatable bonds is 4. The predicted octanol–water partition coefficient (Wildman–Crippen LogP) is 4.16. The second kappa shape index (κ2) is 8.61. The molecule has 5 rings (SSSR count). The smallest absolute Gasteiger partial charge is 0.334 e. The zero-order valence-electron chi connectivity index (χ0n) is 18.3. The van der Waals surface area contributed by atoms with Crippen LogP contribution in [0.25, 0.3) is 17.2 Å². The van der Waals surface area contributed by atoms with E-state index in [2.05, 4.69) is 28.1 Å². The number of benzene rings is 2. The lowest BCUT2D eigenvalue weighted by molar-refractivity contribution is -0.138. The number of ether oxygens (including phenoxy) is 1. The van der Waals surface area contributed by atoms with Gasteiger partial charge in [0.25, 0.3) is 5.91 Å². The summed E-state index contributed by atoms with van der Waals surface area (Å²) in [5.74, 6) is 0.740. The molecule has 6 heteroatoms. The van der Waals surface area contributed by atoms with Crippen LogP contribution in [0.15, 0.2) is 53.0 Å². The fourth-order valence-electron chi connectivity index (χ4n) is 4.67. The summed E-state index contributed by atoms with van der Waals surface area (Å²) in [5.41, 5.74) is 5.48. The Morgan fingerprint density at radius 1 is 1.00 bits per heavy atom. The Hall–Kier alpha value is -3.41. The van der Waals surface area contributed by atoms with Crippen LogP contribution in [-0.4, -0.2) is 55.4 Å². The Bertz CT molecular complexity index is 1110. The maximum atomic E-state index is 12.6. The van der Waals surface area contributed by atoms with Crippen molar-refractivity contribution in [2.45, 2.75) is 26.2 Å². The molecule has 6 nitrogen and oxygen atoms in total. The minimum Gasteiger partial charge on any atom is -0.463 e. The molecule has 0 aliphatic carbocycles. The lowest BCUT2D eigenvalue weighted by atomic mass is 9.99. The van der Waals surface area contributed by atoms with E-state index in [0.717, 1.165) is 72.8 Å². The van der Waals surface area contributed by atoms with Gasteiger partial charge in [0.15, 0.2) is 0 Å². The van der Waals surface area contributed by atoms with Gasteiger partial charge < -0.3 is 14.5 Å². The number of carbonyl (C=O) groups is 2. The van der Waals surface area contributed by atoms with Gasteiger partial charge in [0.05, 0.1) is 13.2 Å². The van der Waals surface area contributed by atoms with Gasteiger partial charge in [-0.2, -0.15) is 0 Å². The molecule has 1 amide bonds. The van der Waals surface area contributed by atoms with Crippen molar-refractivity contribution >= 4 is 29.5 Å².